The molecule has 0 atom stereocenters. The second-order valence-electron chi connectivity index (χ2n) is 4.88. The van der Waals surface area contributed by atoms with E-state index < -0.39 is 16.0 Å². The van der Waals surface area contributed by atoms with Crippen LogP contribution in [0.25, 0.3) is 0 Å². The van der Waals surface area contributed by atoms with E-state index in [4.69, 9.17) is 16.3 Å². The molecule has 2 aromatic carbocycles. The maximum atomic E-state index is 12.1. The molecule has 0 aliphatic heterocycles. The molecule has 0 heterocycles. The molecule has 24 heavy (non-hydrogen) atoms. The van der Waals surface area contributed by atoms with Crippen LogP contribution in [0.2, 0.25) is 5.02 Å². The number of hydrogen-bond acceptors (Lipinski definition) is 5. The van der Waals surface area contributed by atoms with E-state index in [1.165, 1.54) is 24.3 Å². The zero-order valence-electron chi connectivity index (χ0n) is 12.6. The van der Waals surface area contributed by atoms with Crippen molar-refractivity contribution in [1.82, 2.24) is 4.72 Å². The van der Waals surface area contributed by atoms with Crippen LogP contribution in [-0.4, -0.2) is 20.9 Å². The molecular weight excluding hydrogens is 354 g/mol. The van der Waals surface area contributed by atoms with Crippen LogP contribution in [0.1, 0.15) is 12.8 Å². The minimum atomic E-state index is -3.70. The van der Waals surface area contributed by atoms with Gasteiger partial charge in [-0.05, 0) is 49.2 Å². The largest absolute Gasteiger partial charge is 0.550 e. The van der Waals surface area contributed by atoms with Gasteiger partial charge < -0.3 is 14.6 Å². The summed E-state index contributed by atoms with van der Waals surface area (Å²) in [6.07, 6.45) is -0.0393. The third-order valence-electron chi connectivity index (χ3n) is 3.05. The molecule has 2 rings (SSSR count). The van der Waals surface area contributed by atoms with Gasteiger partial charge in [0.1, 0.15) is 11.5 Å². The fourth-order valence-electron chi connectivity index (χ4n) is 1.86. The molecule has 0 saturated heterocycles. The number of carbonyl (C=O) groups excluding carboxylic acids is 1. The second kappa shape index (κ2) is 8.14. The normalized spacial score (nSPS) is 11.2. The molecule has 0 aromatic heterocycles. The Labute approximate surface area is 145 Å². The molecule has 0 bridgehead atoms. The van der Waals surface area contributed by atoms with E-state index in [9.17, 15) is 18.3 Å². The third-order valence-corrected chi connectivity index (χ3v) is 4.84. The van der Waals surface area contributed by atoms with Gasteiger partial charge in [-0.15, -0.1) is 0 Å². The summed E-state index contributed by atoms with van der Waals surface area (Å²) in [5.74, 6) is -0.301. The summed E-state index contributed by atoms with van der Waals surface area (Å²) >= 11 is 5.99. The van der Waals surface area contributed by atoms with Gasteiger partial charge in [-0.1, -0.05) is 23.7 Å². The number of aliphatic carboxylic acids is 1. The number of halogens is 1. The molecule has 0 aliphatic rings. The molecule has 2 aromatic rings. The Kier molecular flexibility index (Phi) is 6.19. The van der Waals surface area contributed by atoms with Gasteiger partial charge in [0.2, 0.25) is 10.0 Å². The number of rotatable bonds is 8. The van der Waals surface area contributed by atoms with Gasteiger partial charge >= 0.3 is 0 Å². The molecule has 1 N–H and O–H groups in total. The van der Waals surface area contributed by atoms with Gasteiger partial charge in [-0.3, -0.25) is 0 Å². The van der Waals surface area contributed by atoms with Crippen LogP contribution in [0.15, 0.2) is 53.4 Å². The summed E-state index contributed by atoms with van der Waals surface area (Å²) in [6.45, 7) is 0.0220. The Morgan fingerprint density at radius 1 is 1.12 bits per heavy atom. The van der Waals surface area contributed by atoms with Gasteiger partial charge in [0.25, 0.3) is 0 Å². The number of hydrogen-bond donors (Lipinski definition) is 1. The predicted octanol–water partition coefficient (Wildman–Crippen LogP) is 1.94. The summed E-state index contributed by atoms with van der Waals surface area (Å²) in [7, 11) is -3.70. The quantitative estimate of drug-likeness (QED) is 0.718. The van der Waals surface area contributed by atoms with Gasteiger partial charge in [-0.2, -0.15) is 0 Å². The van der Waals surface area contributed by atoms with Gasteiger partial charge in [0.05, 0.1) is 9.92 Å². The van der Waals surface area contributed by atoms with E-state index in [0.717, 1.165) is 0 Å². The molecule has 0 fully saturated rings. The van der Waals surface area contributed by atoms with Crippen molar-refractivity contribution in [3.63, 3.8) is 0 Å². The van der Waals surface area contributed by atoms with Crippen LogP contribution < -0.4 is 14.6 Å². The van der Waals surface area contributed by atoms with E-state index in [-0.39, 0.29) is 24.3 Å². The highest BCUT2D eigenvalue weighted by atomic mass is 35.5. The van der Waals surface area contributed by atoms with Crippen molar-refractivity contribution in [1.29, 1.82) is 0 Å². The standard InChI is InChI=1S/C16H16ClNO5S/c17-14-4-1-2-5-15(14)23-12-7-9-13(10-8-12)24(21,22)18-11-3-6-16(19)20/h1-2,4-5,7-10,18H,3,6,11H2,(H,19,20)/p-1. The topological polar surface area (TPSA) is 95.5 Å². The first-order chi connectivity index (χ1) is 11.4. The SMILES string of the molecule is O=C([O-])CCCNS(=O)(=O)c1ccc(Oc2ccccc2Cl)cc1. The van der Waals surface area contributed by atoms with Crippen LogP contribution in [0.3, 0.4) is 0 Å². The number of para-hydroxylation sites is 1. The second-order valence-corrected chi connectivity index (χ2v) is 7.05. The van der Waals surface area contributed by atoms with Crippen molar-refractivity contribution in [3.8, 4) is 11.5 Å². The maximum absolute atomic E-state index is 12.1. The van der Waals surface area contributed by atoms with E-state index in [1.54, 1.807) is 24.3 Å². The summed E-state index contributed by atoms with van der Waals surface area (Å²) < 4.78 is 32.0. The number of benzene rings is 2. The summed E-state index contributed by atoms with van der Waals surface area (Å²) in [5, 5.41) is 10.7. The Morgan fingerprint density at radius 2 is 1.79 bits per heavy atom. The smallest absolute Gasteiger partial charge is 0.240 e. The minimum absolute atomic E-state index is 0.0220. The van der Waals surface area contributed by atoms with Crippen LogP contribution in [0, 0.1) is 0 Å². The fraction of sp³-hybridized carbons (Fsp3) is 0.188. The Morgan fingerprint density at radius 3 is 2.42 bits per heavy atom. The maximum Gasteiger partial charge on any atom is 0.240 e. The lowest BCUT2D eigenvalue weighted by atomic mass is 10.3. The van der Waals surface area contributed by atoms with E-state index in [1.807, 2.05) is 0 Å². The molecule has 0 saturated carbocycles. The van der Waals surface area contributed by atoms with E-state index >= 15 is 0 Å². The number of ether oxygens (including phenoxy) is 1. The zero-order chi connectivity index (χ0) is 17.6. The lowest BCUT2D eigenvalue weighted by Crippen LogP contribution is -2.27. The number of carbonyl (C=O) groups is 1. The van der Waals surface area contributed by atoms with Crippen molar-refractivity contribution >= 4 is 27.6 Å². The fourth-order valence-corrected chi connectivity index (χ4v) is 3.11. The third kappa shape index (κ3) is 5.23. The first-order valence-corrected chi connectivity index (χ1v) is 8.96. The van der Waals surface area contributed by atoms with Gasteiger partial charge in [0.15, 0.2) is 0 Å². The summed E-state index contributed by atoms with van der Waals surface area (Å²) in [6, 6.07) is 12.8. The number of nitrogens with one attached hydrogen (secondary N) is 1. The molecular formula is C16H15ClNO5S-. The van der Waals surface area contributed by atoms with Crippen molar-refractivity contribution < 1.29 is 23.1 Å². The number of carboxylic acid groups (broad SMARTS) is 1. The number of sulfonamides is 1. The monoisotopic (exact) mass is 368 g/mol. The molecule has 0 radical (unpaired) electrons. The van der Waals surface area contributed by atoms with Crippen molar-refractivity contribution in [2.45, 2.75) is 17.7 Å². The molecule has 0 amide bonds. The number of carboxylic acids is 1. The minimum Gasteiger partial charge on any atom is -0.550 e. The first kappa shape index (κ1) is 18.3. The highest BCUT2D eigenvalue weighted by Gasteiger charge is 2.13. The summed E-state index contributed by atoms with van der Waals surface area (Å²) in [4.78, 5) is 10.4. The van der Waals surface area contributed by atoms with Crippen molar-refractivity contribution in [2.75, 3.05) is 6.54 Å². The van der Waals surface area contributed by atoms with Gasteiger partial charge in [0, 0.05) is 12.5 Å². The highest BCUT2D eigenvalue weighted by molar-refractivity contribution is 7.89. The van der Waals surface area contributed by atoms with Crippen molar-refractivity contribution in [2.24, 2.45) is 0 Å². The zero-order valence-corrected chi connectivity index (χ0v) is 14.1. The lowest BCUT2D eigenvalue weighted by Gasteiger charge is -2.09. The Balaban J connectivity index is 2.00. The highest BCUT2D eigenvalue weighted by Crippen LogP contribution is 2.29. The van der Waals surface area contributed by atoms with Crippen LogP contribution in [0.5, 0.6) is 11.5 Å². The van der Waals surface area contributed by atoms with Crippen LogP contribution in [-0.2, 0) is 14.8 Å². The summed E-state index contributed by atoms with van der Waals surface area (Å²) in [5.41, 5.74) is 0. The molecule has 0 aliphatic carbocycles. The molecule has 0 spiro atoms. The Bertz CT molecular complexity index is 805. The van der Waals surface area contributed by atoms with Gasteiger partial charge in [-0.25, -0.2) is 13.1 Å². The van der Waals surface area contributed by atoms with E-state index in [0.29, 0.717) is 16.5 Å². The lowest BCUT2D eigenvalue weighted by molar-refractivity contribution is -0.305. The van der Waals surface area contributed by atoms with Crippen molar-refractivity contribution in [3.05, 3.63) is 53.6 Å². The average Bonchev–Trinajstić information content (AvgIpc) is 2.54. The van der Waals surface area contributed by atoms with Crippen LogP contribution in [0.4, 0.5) is 0 Å². The average molecular weight is 369 g/mol. The first-order valence-electron chi connectivity index (χ1n) is 7.10. The Hall–Kier alpha value is -2.09. The van der Waals surface area contributed by atoms with Crippen LogP contribution >= 0.6 is 11.6 Å². The molecule has 0 unspecified atom stereocenters. The van der Waals surface area contributed by atoms with E-state index in [2.05, 4.69) is 4.72 Å². The molecule has 6 nitrogen and oxygen atoms in total. The molecule has 128 valence electrons. The molecule has 8 heteroatoms. The predicted molar refractivity (Wildman–Crippen MR) is 87.4 cm³/mol.